The van der Waals surface area contributed by atoms with Crippen LogP contribution in [0.5, 0.6) is 0 Å². The highest BCUT2D eigenvalue weighted by molar-refractivity contribution is 7.99. The number of para-hydroxylation sites is 3. The van der Waals surface area contributed by atoms with Crippen molar-refractivity contribution in [3.8, 4) is 6.07 Å². The summed E-state index contributed by atoms with van der Waals surface area (Å²) in [5.41, 5.74) is 3.97. The van der Waals surface area contributed by atoms with Crippen molar-refractivity contribution in [3.63, 3.8) is 0 Å². The van der Waals surface area contributed by atoms with Gasteiger partial charge in [-0.25, -0.2) is 4.98 Å². The van der Waals surface area contributed by atoms with Gasteiger partial charge in [-0.05, 0) is 36.2 Å². The van der Waals surface area contributed by atoms with Gasteiger partial charge in [-0.1, -0.05) is 72.4 Å². The zero-order chi connectivity index (χ0) is 21.5. The molecule has 0 saturated carbocycles. The van der Waals surface area contributed by atoms with Crippen LogP contribution >= 0.6 is 11.8 Å². The SMILES string of the molecule is N#CCN(C(=O)CSc1nc2ccccc2n1CCc1ccccc1)c1ccccc1. The Hall–Kier alpha value is -3.56. The lowest BCUT2D eigenvalue weighted by molar-refractivity contribution is -0.116. The molecule has 0 fully saturated rings. The Morgan fingerprint density at radius 1 is 0.968 bits per heavy atom. The molecular weight excluding hydrogens is 404 g/mol. The summed E-state index contributed by atoms with van der Waals surface area (Å²) in [5.74, 6) is 0.102. The second-order valence-corrected chi connectivity index (χ2v) is 7.98. The van der Waals surface area contributed by atoms with Crippen LogP contribution in [0.1, 0.15) is 5.56 Å². The molecule has 0 aliphatic heterocycles. The van der Waals surface area contributed by atoms with Crippen LogP contribution in [-0.2, 0) is 17.8 Å². The van der Waals surface area contributed by atoms with Gasteiger partial charge in [0.05, 0.1) is 22.9 Å². The van der Waals surface area contributed by atoms with Crippen molar-refractivity contribution >= 4 is 34.4 Å². The summed E-state index contributed by atoms with van der Waals surface area (Å²) in [4.78, 5) is 19.2. The standard InChI is InChI=1S/C25H22N4OS/c26-16-18-28(21-11-5-2-6-12-21)24(30)19-31-25-27-22-13-7-8-14-23(22)29(25)17-15-20-9-3-1-4-10-20/h1-14H,15,17-19H2. The average Bonchev–Trinajstić information content (AvgIpc) is 3.18. The summed E-state index contributed by atoms with van der Waals surface area (Å²) in [6.45, 7) is 0.801. The predicted molar refractivity (Wildman–Crippen MR) is 125 cm³/mol. The van der Waals surface area contributed by atoms with E-state index in [4.69, 9.17) is 4.98 Å². The van der Waals surface area contributed by atoms with Crippen molar-refractivity contribution in [2.24, 2.45) is 0 Å². The maximum Gasteiger partial charge on any atom is 0.238 e. The predicted octanol–water partition coefficient (Wildman–Crippen LogP) is 4.93. The summed E-state index contributed by atoms with van der Waals surface area (Å²) in [6, 6.07) is 29.8. The van der Waals surface area contributed by atoms with Crippen LogP contribution in [0, 0.1) is 11.3 Å². The van der Waals surface area contributed by atoms with E-state index in [1.54, 1.807) is 0 Å². The number of carbonyl (C=O) groups excluding carboxylic acids is 1. The summed E-state index contributed by atoms with van der Waals surface area (Å²) < 4.78 is 2.18. The lowest BCUT2D eigenvalue weighted by Gasteiger charge is -2.19. The molecule has 154 valence electrons. The average molecular weight is 427 g/mol. The highest BCUT2D eigenvalue weighted by atomic mass is 32.2. The molecule has 1 heterocycles. The molecular formula is C25H22N4OS. The fraction of sp³-hybridized carbons (Fsp3) is 0.160. The smallest absolute Gasteiger partial charge is 0.238 e. The molecule has 31 heavy (non-hydrogen) atoms. The molecule has 0 aliphatic rings. The van der Waals surface area contributed by atoms with E-state index in [9.17, 15) is 10.1 Å². The quantitative estimate of drug-likeness (QED) is 0.296. The number of benzene rings is 3. The Morgan fingerprint density at radius 2 is 1.65 bits per heavy atom. The minimum absolute atomic E-state index is 0.0217. The molecule has 3 aromatic carbocycles. The van der Waals surface area contributed by atoms with Crippen LogP contribution in [-0.4, -0.2) is 27.8 Å². The fourth-order valence-electron chi connectivity index (χ4n) is 3.47. The van der Waals surface area contributed by atoms with Gasteiger partial charge in [-0.15, -0.1) is 0 Å². The third-order valence-corrected chi connectivity index (χ3v) is 5.97. The van der Waals surface area contributed by atoms with Crippen LogP contribution in [0.2, 0.25) is 0 Å². The maximum atomic E-state index is 12.9. The van der Waals surface area contributed by atoms with Crippen molar-refractivity contribution in [3.05, 3.63) is 90.5 Å². The third-order valence-electron chi connectivity index (χ3n) is 5.01. The zero-order valence-corrected chi connectivity index (χ0v) is 17.8. The molecule has 0 aliphatic carbocycles. The molecule has 0 radical (unpaired) electrons. The number of anilines is 1. The van der Waals surface area contributed by atoms with Gasteiger partial charge in [0, 0.05) is 12.2 Å². The normalized spacial score (nSPS) is 10.7. The number of carbonyl (C=O) groups is 1. The second-order valence-electron chi connectivity index (χ2n) is 7.03. The molecule has 0 atom stereocenters. The van der Waals surface area contributed by atoms with E-state index in [-0.39, 0.29) is 18.2 Å². The first-order valence-electron chi connectivity index (χ1n) is 10.1. The largest absolute Gasteiger partial charge is 0.319 e. The van der Waals surface area contributed by atoms with Gasteiger partial charge in [0.1, 0.15) is 6.54 Å². The Balaban J connectivity index is 1.53. The maximum absolute atomic E-state index is 12.9. The Kier molecular flexibility index (Phi) is 6.65. The molecule has 0 spiro atoms. The number of aryl methyl sites for hydroxylation is 2. The summed E-state index contributed by atoms with van der Waals surface area (Å²) in [7, 11) is 0. The van der Waals surface area contributed by atoms with Crippen molar-refractivity contribution in [1.29, 1.82) is 5.26 Å². The summed E-state index contributed by atoms with van der Waals surface area (Å²) in [5, 5.41) is 10.00. The Bertz CT molecular complexity index is 1200. The number of nitrogens with zero attached hydrogens (tertiary/aromatic N) is 4. The van der Waals surface area contributed by atoms with Gasteiger partial charge in [-0.2, -0.15) is 5.26 Å². The Labute approximate surface area is 185 Å². The topological polar surface area (TPSA) is 61.9 Å². The van der Waals surface area contributed by atoms with E-state index in [2.05, 4.69) is 28.8 Å². The number of hydrogen-bond acceptors (Lipinski definition) is 4. The molecule has 0 N–H and O–H groups in total. The molecule has 6 heteroatoms. The van der Waals surface area contributed by atoms with E-state index >= 15 is 0 Å². The second kappa shape index (κ2) is 9.96. The van der Waals surface area contributed by atoms with Gasteiger partial charge < -0.3 is 4.57 Å². The minimum atomic E-state index is -0.112. The number of thioether (sulfide) groups is 1. The minimum Gasteiger partial charge on any atom is -0.319 e. The number of hydrogen-bond donors (Lipinski definition) is 0. The first-order chi connectivity index (χ1) is 15.3. The molecule has 4 aromatic rings. The van der Waals surface area contributed by atoms with Crippen LogP contribution in [0.3, 0.4) is 0 Å². The molecule has 0 saturated heterocycles. The molecule has 5 nitrogen and oxygen atoms in total. The highest BCUT2D eigenvalue weighted by Gasteiger charge is 2.18. The van der Waals surface area contributed by atoms with Crippen LogP contribution in [0.25, 0.3) is 11.0 Å². The van der Waals surface area contributed by atoms with Gasteiger partial charge in [0.2, 0.25) is 5.91 Å². The fourth-order valence-corrected chi connectivity index (χ4v) is 4.39. The third kappa shape index (κ3) is 4.96. The van der Waals surface area contributed by atoms with E-state index in [0.717, 1.165) is 34.8 Å². The van der Waals surface area contributed by atoms with Gasteiger partial charge in [-0.3, -0.25) is 9.69 Å². The van der Waals surface area contributed by atoms with E-state index in [0.29, 0.717) is 0 Å². The number of amides is 1. The lowest BCUT2D eigenvalue weighted by atomic mass is 10.1. The number of imidazole rings is 1. The highest BCUT2D eigenvalue weighted by Crippen LogP contribution is 2.25. The number of nitriles is 1. The van der Waals surface area contributed by atoms with Crippen LogP contribution in [0.4, 0.5) is 5.69 Å². The molecule has 0 bridgehead atoms. The molecule has 0 unspecified atom stereocenters. The van der Waals surface area contributed by atoms with Crippen molar-refractivity contribution < 1.29 is 4.79 Å². The van der Waals surface area contributed by atoms with Crippen LogP contribution in [0.15, 0.2) is 90.1 Å². The monoisotopic (exact) mass is 426 g/mol. The Morgan fingerprint density at radius 3 is 2.39 bits per heavy atom. The number of fused-ring (bicyclic) bond motifs is 1. The molecule has 1 aromatic heterocycles. The van der Waals surface area contributed by atoms with Crippen LogP contribution < -0.4 is 4.90 Å². The van der Waals surface area contributed by atoms with E-state index in [1.165, 1.54) is 22.2 Å². The summed E-state index contributed by atoms with van der Waals surface area (Å²) in [6.07, 6.45) is 0.882. The van der Waals surface area contributed by atoms with Gasteiger partial charge in [0.25, 0.3) is 0 Å². The molecule has 1 amide bonds. The van der Waals surface area contributed by atoms with Crippen molar-refractivity contribution in [2.75, 3.05) is 17.2 Å². The number of rotatable bonds is 8. The first kappa shape index (κ1) is 20.7. The van der Waals surface area contributed by atoms with E-state index in [1.807, 2.05) is 66.7 Å². The van der Waals surface area contributed by atoms with Crippen molar-refractivity contribution in [1.82, 2.24) is 9.55 Å². The zero-order valence-electron chi connectivity index (χ0n) is 17.0. The van der Waals surface area contributed by atoms with E-state index < -0.39 is 0 Å². The number of aromatic nitrogens is 2. The first-order valence-corrected chi connectivity index (χ1v) is 11.1. The van der Waals surface area contributed by atoms with Crippen molar-refractivity contribution in [2.45, 2.75) is 18.1 Å². The molecule has 4 rings (SSSR count). The lowest BCUT2D eigenvalue weighted by Crippen LogP contribution is -2.32. The summed E-state index contributed by atoms with van der Waals surface area (Å²) >= 11 is 1.42. The van der Waals surface area contributed by atoms with Gasteiger partial charge in [0.15, 0.2) is 5.16 Å². The van der Waals surface area contributed by atoms with Gasteiger partial charge >= 0.3 is 0 Å².